The van der Waals surface area contributed by atoms with Gasteiger partial charge in [-0.3, -0.25) is 0 Å². The molecule has 0 aliphatic carbocycles. The molecule has 1 aromatic carbocycles. The van der Waals surface area contributed by atoms with Crippen molar-refractivity contribution in [2.45, 2.75) is 25.0 Å². The molecule has 82 valence electrons. The molecule has 2 atom stereocenters. The van der Waals surface area contributed by atoms with Gasteiger partial charge in [-0.25, -0.2) is 0 Å². The Morgan fingerprint density at radius 2 is 2.07 bits per heavy atom. The molecular formula is C12H16BrNO. The lowest BCUT2D eigenvalue weighted by Crippen LogP contribution is -2.37. The Morgan fingerprint density at radius 1 is 1.33 bits per heavy atom. The highest BCUT2D eigenvalue weighted by molar-refractivity contribution is 9.10. The highest BCUT2D eigenvalue weighted by Crippen LogP contribution is 2.28. The van der Waals surface area contributed by atoms with Gasteiger partial charge in [0.1, 0.15) is 0 Å². The Balaban J connectivity index is 2.16. The van der Waals surface area contributed by atoms with Crippen molar-refractivity contribution >= 4 is 15.9 Å². The van der Waals surface area contributed by atoms with Crippen LogP contribution in [0.4, 0.5) is 0 Å². The monoisotopic (exact) mass is 269 g/mol. The number of likely N-dealkylation sites (N-methyl/N-ethyl adjacent to an activating group) is 1. The third kappa shape index (κ3) is 2.60. The molecule has 0 aromatic heterocycles. The van der Waals surface area contributed by atoms with Gasteiger partial charge in [-0.05, 0) is 37.6 Å². The molecule has 1 heterocycles. The number of benzene rings is 1. The van der Waals surface area contributed by atoms with Crippen molar-refractivity contribution in [3.63, 3.8) is 0 Å². The van der Waals surface area contributed by atoms with Crippen LogP contribution in [0.5, 0.6) is 0 Å². The largest absolute Gasteiger partial charge is 0.372 e. The van der Waals surface area contributed by atoms with Gasteiger partial charge in [-0.15, -0.1) is 0 Å². The van der Waals surface area contributed by atoms with Crippen LogP contribution in [0.25, 0.3) is 0 Å². The number of hydrogen-bond acceptors (Lipinski definition) is 2. The average Bonchev–Trinajstić information content (AvgIpc) is 2.30. The van der Waals surface area contributed by atoms with Gasteiger partial charge in [-0.2, -0.15) is 0 Å². The normalized spacial score (nSPS) is 26.5. The van der Waals surface area contributed by atoms with Crippen LogP contribution in [0.3, 0.4) is 0 Å². The summed E-state index contributed by atoms with van der Waals surface area (Å²) in [6, 6.07) is 8.84. The first-order chi connectivity index (χ1) is 7.31. The van der Waals surface area contributed by atoms with Crippen LogP contribution in [-0.4, -0.2) is 19.7 Å². The van der Waals surface area contributed by atoms with E-state index in [0.29, 0.717) is 6.04 Å². The van der Waals surface area contributed by atoms with Gasteiger partial charge in [0.2, 0.25) is 0 Å². The number of rotatable bonds is 2. The second-order valence-corrected chi connectivity index (χ2v) is 4.80. The summed E-state index contributed by atoms with van der Waals surface area (Å²) >= 11 is 3.45. The molecule has 1 aromatic rings. The van der Waals surface area contributed by atoms with E-state index in [9.17, 15) is 0 Å². The van der Waals surface area contributed by atoms with Gasteiger partial charge in [0.05, 0.1) is 6.10 Å². The van der Waals surface area contributed by atoms with Crippen molar-refractivity contribution in [2.24, 2.45) is 0 Å². The van der Waals surface area contributed by atoms with Crippen molar-refractivity contribution < 1.29 is 4.74 Å². The van der Waals surface area contributed by atoms with E-state index in [1.54, 1.807) is 0 Å². The first-order valence-electron chi connectivity index (χ1n) is 5.35. The summed E-state index contributed by atoms with van der Waals surface area (Å²) < 4.78 is 6.94. The SMILES string of the molecule is CN[C@@H]1CCCO[C@H]1c1ccc(Br)cc1. The fraction of sp³-hybridized carbons (Fsp3) is 0.500. The highest BCUT2D eigenvalue weighted by Gasteiger charge is 2.25. The maximum atomic E-state index is 5.83. The van der Waals surface area contributed by atoms with E-state index < -0.39 is 0 Å². The van der Waals surface area contributed by atoms with Crippen molar-refractivity contribution in [2.75, 3.05) is 13.7 Å². The van der Waals surface area contributed by atoms with Crippen LogP contribution >= 0.6 is 15.9 Å². The molecule has 1 fully saturated rings. The van der Waals surface area contributed by atoms with Crippen LogP contribution in [0, 0.1) is 0 Å². The Kier molecular flexibility index (Phi) is 3.78. The van der Waals surface area contributed by atoms with Crippen LogP contribution in [0.1, 0.15) is 24.5 Å². The number of hydrogen-bond donors (Lipinski definition) is 1. The number of nitrogens with one attached hydrogen (secondary N) is 1. The smallest absolute Gasteiger partial charge is 0.0977 e. The summed E-state index contributed by atoms with van der Waals surface area (Å²) in [7, 11) is 2.01. The maximum Gasteiger partial charge on any atom is 0.0977 e. The molecule has 1 saturated heterocycles. The quantitative estimate of drug-likeness (QED) is 0.892. The lowest BCUT2D eigenvalue weighted by molar-refractivity contribution is -0.00854. The van der Waals surface area contributed by atoms with Gasteiger partial charge < -0.3 is 10.1 Å². The maximum absolute atomic E-state index is 5.83. The van der Waals surface area contributed by atoms with Gasteiger partial charge in [0, 0.05) is 17.1 Å². The molecule has 1 aliphatic rings. The van der Waals surface area contributed by atoms with E-state index >= 15 is 0 Å². The summed E-state index contributed by atoms with van der Waals surface area (Å²) in [4.78, 5) is 0. The second-order valence-electron chi connectivity index (χ2n) is 3.88. The molecule has 0 amide bonds. The van der Waals surface area contributed by atoms with Gasteiger partial charge >= 0.3 is 0 Å². The van der Waals surface area contributed by atoms with Crippen molar-refractivity contribution in [1.29, 1.82) is 0 Å². The van der Waals surface area contributed by atoms with Crippen molar-refractivity contribution in [3.05, 3.63) is 34.3 Å². The summed E-state index contributed by atoms with van der Waals surface area (Å²) in [5, 5.41) is 3.33. The minimum atomic E-state index is 0.205. The molecule has 0 saturated carbocycles. The Morgan fingerprint density at radius 3 is 2.73 bits per heavy atom. The molecule has 3 heteroatoms. The van der Waals surface area contributed by atoms with Gasteiger partial charge in [0.15, 0.2) is 0 Å². The zero-order chi connectivity index (χ0) is 10.7. The lowest BCUT2D eigenvalue weighted by Gasteiger charge is -2.31. The Bertz CT molecular complexity index is 312. The summed E-state index contributed by atoms with van der Waals surface area (Å²) in [6.07, 6.45) is 2.55. The molecule has 1 N–H and O–H groups in total. The van der Waals surface area contributed by atoms with Crippen LogP contribution in [0.2, 0.25) is 0 Å². The topological polar surface area (TPSA) is 21.3 Å². The zero-order valence-corrected chi connectivity index (χ0v) is 10.5. The molecule has 1 aliphatic heterocycles. The molecule has 0 bridgehead atoms. The predicted molar refractivity (Wildman–Crippen MR) is 64.9 cm³/mol. The third-order valence-electron chi connectivity index (χ3n) is 2.89. The Hall–Kier alpha value is -0.380. The fourth-order valence-electron chi connectivity index (χ4n) is 2.06. The molecule has 15 heavy (non-hydrogen) atoms. The molecule has 2 nitrogen and oxygen atoms in total. The van der Waals surface area contributed by atoms with E-state index in [-0.39, 0.29) is 6.10 Å². The summed E-state index contributed by atoms with van der Waals surface area (Å²) in [5.74, 6) is 0. The summed E-state index contributed by atoms with van der Waals surface area (Å²) in [5.41, 5.74) is 1.26. The standard InChI is InChI=1S/C12H16BrNO/c1-14-11-3-2-8-15-12(11)9-4-6-10(13)7-5-9/h4-7,11-12,14H,2-3,8H2,1H3/t11-,12+/m1/s1. The van der Waals surface area contributed by atoms with Crippen LogP contribution in [-0.2, 0) is 4.74 Å². The highest BCUT2D eigenvalue weighted by atomic mass is 79.9. The number of ether oxygens (including phenoxy) is 1. The van der Waals surface area contributed by atoms with Gasteiger partial charge in [-0.1, -0.05) is 28.1 Å². The predicted octanol–water partition coefficient (Wildman–Crippen LogP) is 2.89. The van der Waals surface area contributed by atoms with E-state index in [1.165, 1.54) is 12.0 Å². The zero-order valence-electron chi connectivity index (χ0n) is 8.87. The second kappa shape index (κ2) is 5.10. The van der Waals surface area contributed by atoms with Gasteiger partial charge in [0.25, 0.3) is 0 Å². The lowest BCUT2D eigenvalue weighted by atomic mass is 9.96. The fourth-order valence-corrected chi connectivity index (χ4v) is 2.32. The van der Waals surface area contributed by atoms with Crippen molar-refractivity contribution in [1.82, 2.24) is 5.32 Å². The first kappa shape index (κ1) is 11.1. The molecule has 0 radical (unpaired) electrons. The van der Waals surface area contributed by atoms with Crippen LogP contribution < -0.4 is 5.32 Å². The minimum Gasteiger partial charge on any atom is -0.372 e. The Labute approximate surface area is 99.1 Å². The molecular weight excluding hydrogens is 254 g/mol. The van der Waals surface area contributed by atoms with E-state index in [0.717, 1.165) is 17.5 Å². The van der Waals surface area contributed by atoms with Crippen LogP contribution in [0.15, 0.2) is 28.7 Å². The first-order valence-corrected chi connectivity index (χ1v) is 6.15. The molecule has 2 rings (SSSR count). The average molecular weight is 270 g/mol. The van der Waals surface area contributed by atoms with E-state index in [1.807, 2.05) is 7.05 Å². The number of halogens is 1. The minimum absolute atomic E-state index is 0.205. The van der Waals surface area contributed by atoms with E-state index in [4.69, 9.17) is 4.74 Å². The molecule has 0 spiro atoms. The van der Waals surface area contributed by atoms with Crippen molar-refractivity contribution in [3.8, 4) is 0 Å². The third-order valence-corrected chi connectivity index (χ3v) is 3.42. The molecule has 0 unspecified atom stereocenters. The van der Waals surface area contributed by atoms with E-state index in [2.05, 4.69) is 45.5 Å². The summed E-state index contributed by atoms with van der Waals surface area (Å²) in [6.45, 7) is 0.874.